The second-order valence-electron chi connectivity index (χ2n) is 1.91. The van der Waals surface area contributed by atoms with Gasteiger partial charge < -0.3 is 15.7 Å². The van der Waals surface area contributed by atoms with E-state index in [9.17, 15) is 10.4 Å². The molecule has 0 rings (SSSR count). The van der Waals surface area contributed by atoms with Gasteiger partial charge in [0.05, 0.1) is 20.6 Å². The van der Waals surface area contributed by atoms with Crippen LogP contribution in [0.25, 0.3) is 0 Å². The Morgan fingerprint density at radius 2 is 2.30 bits per heavy atom. The van der Waals surface area contributed by atoms with E-state index in [1.807, 2.05) is 12.4 Å². The fourth-order valence-electron chi connectivity index (χ4n) is 0.464. The molecule has 0 aromatic rings. The highest BCUT2D eigenvalue weighted by atomic mass is 16.6. The van der Waals surface area contributed by atoms with Crippen LogP contribution in [0.2, 0.25) is 0 Å². The molecule has 0 radical (unpaired) electrons. The lowest BCUT2D eigenvalue weighted by Gasteiger charge is -2.12. The van der Waals surface area contributed by atoms with Gasteiger partial charge in [0.2, 0.25) is 0 Å². The minimum absolute atomic E-state index is 0.0312. The van der Waals surface area contributed by atoms with Crippen LogP contribution in [0.1, 0.15) is 0 Å². The van der Waals surface area contributed by atoms with Gasteiger partial charge in [0.1, 0.15) is 6.54 Å². The van der Waals surface area contributed by atoms with Crippen LogP contribution in [0.3, 0.4) is 0 Å². The summed E-state index contributed by atoms with van der Waals surface area (Å²) in [4.78, 5) is 0.0312. The topological polar surface area (TPSA) is 81.3 Å². The first kappa shape index (κ1) is 8.96. The van der Waals surface area contributed by atoms with Crippen molar-refractivity contribution in [1.82, 2.24) is 5.01 Å². The Hall–Kier alpha value is -1.04. The highest BCUT2D eigenvalue weighted by Gasteiger charge is 2.01. The first-order valence-electron chi connectivity index (χ1n) is 3.01. The summed E-state index contributed by atoms with van der Waals surface area (Å²) < 4.78 is 0. The summed E-state index contributed by atoms with van der Waals surface area (Å²) in [5.41, 5.74) is 0. The van der Waals surface area contributed by atoms with Gasteiger partial charge in [-0.15, -0.1) is 5.01 Å². The molecular formula is C4H12N4O2. The Bertz CT molecular complexity index is 116. The lowest BCUT2D eigenvalue weighted by atomic mass is 10.6. The quantitative estimate of drug-likeness (QED) is 0.299. The second kappa shape index (κ2) is 4.80. The molecule has 0 saturated carbocycles. The molecule has 0 aromatic heterocycles. The molecule has 0 aliphatic heterocycles. The predicted octanol–water partition coefficient (Wildman–Crippen LogP) is -1.51. The van der Waals surface area contributed by atoms with Gasteiger partial charge in [0.25, 0.3) is 0 Å². The maximum Gasteiger partial charge on any atom is 0.125 e. The van der Waals surface area contributed by atoms with Crippen molar-refractivity contribution in [2.75, 3.05) is 27.2 Å². The maximum absolute atomic E-state index is 10.4. The molecule has 0 saturated heterocycles. The number of rotatable bonds is 4. The van der Waals surface area contributed by atoms with Gasteiger partial charge in [0.15, 0.2) is 0 Å². The molecule has 0 atom stereocenters. The van der Waals surface area contributed by atoms with Gasteiger partial charge in [-0.25, -0.2) is 0 Å². The smallest absolute Gasteiger partial charge is 0.125 e. The largest absolute Gasteiger partial charge is 0.737 e. The van der Waals surface area contributed by atoms with E-state index in [-0.39, 0.29) is 4.97 Å². The lowest BCUT2D eigenvalue weighted by molar-refractivity contribution is -0.700. The Labute approximate surface area is 59.3 Å². The van der Waals surface area contributed by atoms with Crippen molar-refractivity contribution in [2.24, 2.45) is 5.28 Å². The minimum atomic E-state index is 0.0312. The molecule has 10 heavy (non-hydrogen) atoms. The van der Waals surface area contributed by atoms with E-state index in [0.29, 0.717) is 6.54 Å². The van der Waals surface area contributed by atoms with E-state index < -0.39 is 0 Å². The Morgan fingerprint density at radius 1 is 1.70 bits per heavy atom. The van der Waals surface area contributed by atoms with E-state index >= 15 is 0 Å². The zero-order chi connectivity index (χ0) is 7.98. The summed E-state index contributed by atoms with van der Waals surface area (Å²) >= 11 is 0. The molecule has 0 aliphatic rings. The molecule has 0 amide bonds. The molecule has 0 fully saturated rings. The van der Waals surface area contributed by atoms with Crippen molar-refractivity contribution in [3.05, 3.63) is 10.4 Å². The van der Waals surface area contributed by atoms with E-state index in [2.05, 4.69) is 5.28 Å². The summed E-state index contributed by atoms with van der Waals surface area (Å²) in [5, 5.41) is 25.3. The average Bonchev–Trinajstić information content (AvgIpc) is 1.98. The molecular weight excluding hydrogens is 136 g/mol. The number of hydrogen-bond acceptors (Lipinski definition) is 3. The van der Waals surface area contributed by atoms with Crippen LogP contribution in [0.5, 0.6) is 0 Å². The zero-order valence-electron chi connectivity index (χ0n) is 6.15. The predicted molar refractivity (Wildman–Crippen MR) is 34.8 cm³/mol. The molecule has 6 heteroatoms. The highest BCUT2D eigenvalue weighted by molar-refractivity contribution is 4.29. The zero-order valence-corrected chi connectivity index (χ0v) is 6.15. The molecule has 0 aromatic carbocycles. The molecule has 60 valence electrons. The van der Waals surface area contributed by atoms with Gasteiger partial charge in [-0.2, -0.15) is 0 Å². The molecule has 0 bridgehead atoms. The lowest BCUT2D eigenvalue weighted by Crippen LogP contribution is -2.81. The highest BCUT2D eigenvalue weighted by Crippen LogP contribution is 1.80. The van der Waals surface area contributed by atoms with Gasteiger partial charge in [-0.1, -0.05) is 0 Å². The molecule has 0 unspecified atom stereocenters. The fraction of sp³-hybridized carbons (Fsp3) is 1.00. The van der Waals surface area contributed by atoms with Crippen LogP contribution in [-0.2, 0) is 0 Å². The molecule has 0 aliphatic carbocycles. The summed E-state index contributed by atoms with van der Waals surface area (Å²) in [6.45, 7) is 1.29. The summed E-state index contributed by atoms with van der Waals surface area (Å²) in [6, 6.07) is 0. The molecule has 6 nitrogen and oxygen atoms in total. The number of hydrazine groups is 1. The van der Waals surface area contributed by atoms with Gasteiger partial charge >= 0.3 is 0 Å². The number of likely N-dealkylation sites (N-methyl/N-ethyl adjacent to an activating group) is 2. The third-order valence-corrected chi connectivity index (χ3v) is 1.10. The van der Waals surface area contributed by atoms with E-state index in [1.54, 1.807) is 0 Å². The monoisotopic (exact) mass is 148 g/mol. The summed E-state index contributed by atoms with van der Waals surface area (Å²) in [6.07, 6.45) is 0. The summed E-state index contributed by atoms with van der Waals surface area (Å²) in [7, 11) is 3.40. The van der Waals surface area contributed by atoms with Crippen molar-refractivity contribution in [3.8, 4) is 0 Å². The Balaban J connectivity index is 3.51. The van der Waals surface area contributed by atoms with Crippen LogP contribution in [0, 0.1) is 10.4 Å². The average molecular weight is 148 g/mol. The second-order valence-corrected chi connectivity index (χ2v) is 1.91. The third-order valence-electron chi connectivity index (χ3n) is 1.10. The number of nitrogens with two attached hydrogens (primary N) is 1. The van der Waals surface area contributed by atoms with Crippen LogP contribution in [0.4, 0.5) is 0 Å². The molecule has 2 N–H and O–H groups in total. The van der Waals surface area contributed by atoms with Gasteiger partial charge in [-0.05, 0) is 5.28 Å². The van der Waals surface area contributed by atoms with E-state index in [1.165, 1.54) is 12.1 Å². The number of hydrogen-bond donors (Lipinski definition) is 1. The number of nitrogens with zero attached hydrogens (tertiary/aromatic N) is 3. The van der Waals surface area contributed by atoms with Crippen LogP contribution >= 0.6 is 0 Å². The first-order chi connectivity index (χ1) is 4.72. The van der Waals surface area contributed by atoms with Crippen molar-refractivity contribution < 1.29 is 10.3 Å². The van der Waals surface area contributed by atoms with Gasteiger partial charge in [0, 0.05) is 4.97 Å². The van der Waals surface area contributed by atoms with Crippen LogP contribution < -0.4 is 5.32 Å². The van der Waals surface area contributed by atoms with E-state index in [0.717, 1.165) is 6.54 Å². The summed E-state index contributed by atoms with van der Waals surface area (Å²) in [5.74, 6) is 0. The van der Waals surface area contributed by atoms with Crippen LogP contribution in [-0.4, -0.2) is 37.2 Å². The van der Waals surface area contributed by atoms with Crippen molar-refractivity contribution in [1.29, 1.82) is 0 Å². The van der Waals surface area contributed by atoms with Crippen LogP contribution in [0.15, 0.2) is 5.28 Å². The normalized spacial score (nSPS) is 11.6. The SMILES string of the molecule is C[NH2+]CCN(C)/[N+]([O-])=N\[O-]. The Kier molecular flexibility index (Phi) is 4.30. The van der Waals surface area contributed by atoms with Gasteiger partial charge in [-0.3, -0.25) is 0 Å². The number of quaternary nitrogens is 1. The van der Waals surface area contributed by atoms with E-state index in [4.69, 9.17) is 0 Å². The molecule has 0 heterocycles. The van der Waals surface area contributed by atoms with Crippen molar-refractivity contribution in [3.63, 3.8) is 0 Å². The van der Waals surface area contributed by atoms with Crippen molar-refractivity contribution >= 4 is 0 Å². The Morgan fingerprint density at radius 3 is 2.70 bits per heavy atom. The first-order valence-corrected chi connectivity index (χ1v) is 3.01. The third kappa shape index (κ3) is 3.08. The van der Waals surface area contributed by atoms with Crippen molar-refractivity contribution in [2.45, 2.75) is 0 Å². The molecule has 0 spiro atoms. The standard InChI is InChI=1S/C4H12N4O2/c1-5-3-4-7(2)8(10)6-9/h5,9H,3-4H2,1-2H3/b8-6+. The minimum Gasteiger partial charge on any atom is -0.737 e. The maximum atomic E-state index is 10.4. The fourth-order valence-corrected chi connectivity index (χ4v) is 0.464.